The maximum Gasteiger partial charge on any atom is 0.141 e. The van der Waals surface area contributed by atoms with Crippen molar-refractivity contribution < 1.29 is 0 Å². The molecule has 0 aliphatic heterocycles. The molecule has 3 rings (SSSR count). The van der Waals surface area contributed by atoms with E-state index in [9.17, 15) is 0 Å². The number of hydrogen-bond acceptors (Lipinski definition) is 4. The van der Waals surface area contributed by atoms with Gasteiger partial charge in [0, 0.05) is 33.7 Å². The van der Waals surface area contributed by atoms with Crippen LogP contribution in [0, 0.1) is 0 Å². The van der Waals surface area contributed by atoms with Gasteiger partial charge in [-0.05, 0) is 36.4 Å². The van der Waals surface area contributed by atoms with E-state index in [1.807, 2.05) is 42.5 Å². The highest BCUT2D eigenvalue weighted by atomic mass is 79.9. The Morgan fingerprint density at radius 3 is 2.77 bits per heavy atom. The van der Waals surface area contributed by atoms with Crippen LogP contribution >= 0.6 is 27.5 Å². The van der Waals surface area contributed by atoms with Crippen molar-refractivity contribution in [1.29, 1.82) is 0 Å². The maximum atomic E-state index is 5.72. The van der Waals surface area contributed by atoms with Gasteiger partial charge in [-0.3, -0.25) is 0 Å². The first kappa shape index (κ1) is 15.1. The fourth-order valence-corrected chi connectivity index (χ4v) is 2.65. The van der Waals surface area contributed by atoms with Crippen LogP contribution < -0.4 is 10.6 Å². The third kappa shape index (κ3) is 3.48. The largest absolute Gasteiger partial charge is 0.384 e. The third-order valence-corrected chi connectivity index (χ3v) is 3.83. The Morgan fingerprint density at radius 2 is 1.95 bits per heavy atom. The molecule has 0 saturated carbocycles. The van der Waals surface area contributed by atoms with Gasteiger partial charge >= 0.3 is 0 Å². The van der Waals surface area contributed by atoms with Gasteiger partial charge in [0.25, 0.3) is 0 Å². The number of alkyl halides is 1. The van der Waals surface area contributed by atoms with Gasteiger partial charge in [0.15, 0.2) is 0 Å². The first-order valence-electron chi connectivity index (χ1n) is 6.83. The summed E-state index contributed by atoms with van der Waals surface area (Å²) in [6.45, 7) is 0.717. The maximum absolute atomic E-state index is 5.72. The lowest BCUT2D eigenvalue weighted by Gasteiger charge is -2.10. The highest BCUT2D eigenvalue weighted by molar-refractivity contribution is 9.10. The molecular weight excluding hydrogens is 364 g/mol. The summed E-state index contributed by atoms with van der Waals surface area (Å²) in [4.78, 5) is 8.67. The Morgan fingerprint density at radius 1 is 1.05 bits per heavy atom. The lowest BCUT2D eigenvalue weighted by Crippen LogP contribution is -2.02. The van der Waals surface area contributed by atoms with E-state index in [1.54, 1.807) is 6.33 Å². The normalized spacial score (nSPS) is 10.6. The number of hydrogen-bond donors (Lipinski definition) is 2. The summed E-state index contributed by atoms with van der Waals surface area (Å²) in [7, 11) is 0. The molecule has 1 heterocycles. The Kier molecular flexibility index (Phi) is 4.75. The first-order valence-corrected chi connectivity index (χ1v) is 8.16. The standard InChI is InChI=1S/C16H14BrClN4/c17-11-2-1-3-13(8-11)22-16-14-9-12(19-7-6-18)4-5-15(14)20-10-21-16/h1-5,8-10,19H,6-7H2,(H,20,21,22). The molecule has 0 radical (unpaired) electrons. The minimum Gasteiger partial charge on any atom is -0.384 e. The Labute approximate surface area is 142 Å². The van der Waals surface area contributed by atoms with E-state index in [-0.39, 0.29) is 0 Å². The third-order valence-electron chi connectivity index (χ3n) is 3.15. The molecule has 6 heteroatoms. The summed E-state index contributed by atoms with van der Waals surface area (Å²) < 4.78 is 1.01. The summed E-state index contributed by atoms with van der Waals surface area (Å²) in [6, 6.07) is 13.9. The lowest BCUT2D eigenvalue weighted by molar-refractivity contribution is 1.20. The topological polar surface area (TPSA) is 49.8 Å². The molecule has 0 saturated heterocycles. The lowest BCUT2D eigenvalue weighted by atomic mass is 10.2. The average molecular weight is 378 g/mol. The van der Waals surface area contributed by atoms with Crippen molar-refractivity contribution >= 4 is 55.6 Å². The van der Waals surface area contributed by atoms with Crippen molar-refractivity contribution in [2.24, 2.45) is 0 Å². The van der Waals surface area contributed by atoms with E-state index in [0.29, 0.717) is 5.88 Å². The van der Waals surface area contributed by atoms with Crippen LogP contribution in [-0.2, 0) is 0 Å². The zero-order valence-corrected chi connectivity index (χ0v) is 14.0. The van der Waals surface area contributed by atoms with Gasteiger partial charge < -0.3 is 10.6 Å². The quantitative estimate of drug-likeness (QED) is 0.628. The van der Waals surface area contributed by atoms with E-state index in [0.717, 1.165) is 39.1 Å². The van der Waals surface area contributed by atoms with Crippen LogP contribution in [0.4, 0.5) is 17.2 Å². The van der Waals surface area contributed by atoms with Gasteiger partial charge in [-0.25, -0.2) is 9.97 Å². The number of nitrogens with zero attached hydrogens (tertiary/aromatic N) is 2. The van der Waals surface area contributed by atoms with Gasteiger partial charge in [-0.2, -0.15) is 0 Å². The molecule has 0 atom stereocenters. The van der Waals surface area contributed by atoms with E-state index < -0.39 is 0 Å². The van der Waals surface area contributed by atoms with E-state index in [2.05, 4.69) is 36.5 Å². The second-order valence-corrected chi connectivity index (χ2v) is 6.00. The molecule has 0 aliphatic rings. The fraction of sp³-hybridized carbons (Fsp3) is 0.125. The molecule has 0 spiro atoms. The van der Waals surface area contributed by atoms with Gasteiger partial charge in [-0.15, -0.1) is 11.6 Å². The number of benzene rings is 2. The van der Waals surface area contributed by atoms with Crippen molar-refractivity contribution in [1.82, 2.24) is 9.97 Å². The molecule has 112 valence electrons. The number of aromatic nitrogens is 2. The van der Waals surface area contributed by atoms with Crippen LogP contribution in [0.1, 0.15) is 0 Å². The minimum atomic E-state index is 0.562. The van der Waals surface area contributed by atoms with Crippen molar-refractivity contribution in [3.63, 3.8) is 0 Å². The Bertz CT molecular complexity index is 794. The highest BCUT2D eigenvalue weighted by Gasteiger charge is 2.05. The molecule has 0 aliphatic carbocycles. The van der Waals surface area contributed by atoms with E-state index in [1.165, 1.54) is 0 Å². The van der Waals surface area contributed by atoms with Crippen molar-refractivity contribution in [3.8, 4) is 0 Å². The molecule has 1 aromatic heterocycles. The van der Waals surface area contributed by atoms with Crippen molar-refractivity contribution in [2.45, 2.75) is 0 Å². The van der Waals surface area contributed by atoms with Gasteiger partial charge in [0.2, 0.25) is 0 Å². The smallest absolute Gasteiger partial charge is 0.141 e. The Balaban J connectivity index is 1.97. The minimum absolute atomic E-state index is 0.562. The SMILES string of the molecule is ClCCNc1ccc2ncnc(Nc3cccc(Br)c3)c2c1. The van der Waals surface area contributed by atoms with Crippen LogP contribution in [0.2, 0.25) is 0 Å². The number of fused-ring (bicyclic) bond motifs is 1. The summed E-state index contributed by atoms with van der Waals surface area (Å²) in [5.41, 5.74) is 2.86. The number of anilines is 3. The number of rotatable bonds is 5. The van der Waals surface area contributed by atoms with E-state index in [4.69, 9.17) is 11.6 Å². The van der Waals surface area contributed by atoms with Crippen LogP contribution in [0.25, 0.3) is 10.9 Å². The van der Waals surface area contributed by atoms with Crippen LogP contribution in [0.3, 0.4) is 0 Å². The molecule has 0 amide bonds. The average Bonchev–Trinajstić information content (AvgIpc) is 2.53. The monoisotopic (exact) mass is 376 g/mol. The molecule has 2 N–H and O–H groups in total. The molecule has 0 bridgehead atoms. The predicted molar refractivity (Wildman–Crippen MR) is 96.2 cm³/mol. The van der Waals surface area contributed by atoms with Crippen LogP contribution in [0.5, 0.6) is 0 Å². The Hall–Kier alpha value is -1.85. The van der Waals surface area contributed by atoms with Gasteiger partial charge in [0.05, 0.1) is 5.52 Å². The second kappa shape index (κ2) is 6.94. The van der Waals surface area contributed by atoms with Gasteiger partial charge in [-0.1, -0.05) is 22.0 Å². The zero-order chi connectivity index (χ0) is 15.4. The zero-order valence-electron chi connectivity index (χ0n) is 11.7. The van der Waals surface area contributed by atoms with E-state index >= 15 is 0 Å². The molecular formula is C16H14BrClN4. The molecule has 2 aromatic carbocycles. The number of halogens is 2. The molecule has 0 unspecified atom stereocenters. The molecule has 0 fully saturated rings. The summed E-state index contributed by atoms with van der Waals surface area (Å²) in [5, 5.41) is 7.56. The van der Waals surface area contributed by atoms with Crippen molar-refractivity contribution in [3.05, 3.63) is 53.3 Å². The van der Waals surface area contributed by atoms with Crippen LogP contribution in [0.15, 0.2) is 53.3 Å². The summed E-state index contributed by atoms with van der Waals surface area (Å²) in [5.74, 6) is 1.34. The molecule has 22 heavy (non-hydrogen) atoms. The van der Waals surface area contributed by atoms with Crippen molar-refractivity contribution in [2.75, 3.05) is 23.1 Å². The molecule has 3 aromatic rings. The predicted octanol–water partition coefficient (Wildman–Crippen LogP) is 4.79. The summed E-state index contributed by atoms with van der Waals surface area (Å²) in [6.07, 6.45) is 1.56. The number of nitrogens with one attached hydrogen (secondary N) is 2. The molecule has 4 nitrogen and oxygen atoms in total. The highest BCUT2D eigenvalue weighted by Crippen LogP contribution is 2.26. The van der Waals surface area contributed by atoms with Crippen LogP contribution in [-0.4, -0.2) is 22.4 Å². The fourth-order valence-electron chi connectivity index (χ4n) is 2.16. The first-order chi connectivity index (χ1) is 10.8. The second-order valence-electron chi connectivity index (χ2n) is 4.71. The summed E-state index contributed by atoms with van der Waals surface area (Å²) >= 11 is 9.19. The van der Waals surface area contributed by atoms with Gasteiger partial charge in [0.1, 0.15) is 12.1 Å².